The fourth-order valence-electron chi connectivity index (χ4n) is 6.46. The first-order valence-corrected chi connectivity index (χ1v) is 13.4. The summed E-state index contributed by atoms with van der Waals surface area (Å²) in [5, 5.41) is 11.8. The second-order valence-electron chi connectivity index (χ2n) is 11.5. The number of carbonyl (C=O) groups excluding carboxylic acids is 1. The number of allylic oxidation sites excluding steroid dienone is 1. The molecule has 2 aromatic rings. The molecule has 4 saturated carbocycles. The SMILES string of the molecule is Cc1ccc(/C(C=N)=C/NCC23CCC(CC2)CC3)c(-c2ccc3c(c2)C(=O)N(CC2CC2)C3)n1. The molecule has 0 unspecified atom stereocenters. The van der Waals surface area contributed by atoms with Gasteiger partial charge in [-0.25, -0.2) is 0 Å². The van der Waals surface area contributed by atoms with E-state index in [9.17, 15) is 4.79 Å². The Balaban J connectivity index is 1.26. The third kappa shape index (κ3) is 4.41. The van der Waals surface area contributed by atoms with Gasteiger partial charge in [0.2, 0.25) is 0 Å². The predicted molar refractivity (Wildman–Crippen MR) is 140 cm³/mol. The van der Waals surface area contributed by atoms with Crippen molar-refractivity contribution in [2.24, 2.45) is 17.3 Å². The maximum Gasteiger partial charge on any atom is 0.254 e. The minimum Gasteiger partial charge on any atom is -0.390 e. The fraction of sp³-hybridized carbons (Fsp3) is 0.500. The number of nitrogens with zero attached hydrogens (tertiary/aromatic N) is 2. The Kier molecular flexibility index (Phi) is 5.74. The molecule has 1 aromatic carbocycles. The van der Waals surface area contributed by atoms with Crippen molar-refractivity contribution in [2.45, 2.75) is 64.8 Å². The first-order valence-electron chi connectivity index (χ1n) is 13.4. The van der Waals surface area contributed by atoms with Gasteiger partial charge >= 0.3 is 0 Å². The molecule has 5 aliphatic rings. The van der Waals surface area contributed by atoms with E-state index in [0.717, 1.165) is 64.8 Å². The monoisotopic (exact) mass is 468 g/mol. The molecule has 2 bridgehead atoms. The van der Waals surface area contributed by atoms with E-state index >= 15 is 0 Å². The van der Waals surface area contributed by atoms with Gasteiger partial charge < -0.3 is 15.6 Å². The van der Waals surface area contributed by atoms with E-state index in [4.69, 9.17) is 10.4 Å². The summed E-state index contributed by atoms with van der Waals surface area (Å²) in [4.78, 5) is 20.0. The van der Waals surface area contributed by atoms with E-state index < -0.39 is 0 Å². The smallest absolute Gasteiger partial charge is 0.254 e. The molecule has 35 heavy (non-hydrogen) atoms. The van der Waals surface area contributed by atoms with Gasteiger partial charge in [0.05, 0.1) is 5.69 Å². The maximum absolute atomic E-state index is 13.1. The van der Waals surface area contributed by atoms with Gasteiger partial charge in [-0.15, -0.1) is 0 Å². The summed E-state index contributed by atoms with van der Waals surface area (Å²) in [5.74, 6) is 1.80. The number of fused-ring (bicyclic) bond motifs is 4. The molecule has 0 radical (unpaired) electrons. The van der Waals surface area contributed by atoms with Crippen molar-refractivity contribution in [1.82, 2.24) is 15.2 Å². The quantitative estimate of drug-likeness (QED) is 0.469. The Morgan fingerprint density at radius 3 is 2.63 bits per heavy atom. The van der Waals surface area contributed by atoms with Crippen molar-refractivity contribution in [2.75, 3.05) is 13.1 Å². The molecular weight excluding hydrogens is 432 g/mol. The molecule has 4 fully saturated rings. The molecule has 1 amide bonds. The third-order valence-corrected chi connectivity index (χ3v) is 8.92. The molecule has 0 spiro atoms. The van der Waals surface area contributed by atoms with E-state index in [0.29, 0.717) is 11.3 Å². The Labute approximate surface area is 208 Å². The van der Waals surface area contributed by atoms with Crippen molar-refractivity contribution >= 4 is 17.7 Å². The van der Waals surface area contributed by atoms with E-state index in [1.807, 2.05) is 30.2 Å². The molecule has 5 nitrogen and oxygen atoms in total. The van der Waals surface area contributed by atoms with Gasteiger partial charge in [0, 0.05) is 60.0 Å². The van der Waals surface area contributed by atoms with E-state index in [1.165, 1.54) is 57.6 Å². The highest BCUT2D eigenvalue weighted by Crippen LogP contribution is 2.49. The van der Waals surface area contributed by atoms with Crippen LogP contribution in [0.25, 0.3) is 16.8 Å². The Morgan fingerprint density at radius 1 is 1.14 bits per heavy atom. The number of benzene rings is 1. The summed E-state index contributed by atoms with van der Waals surface area (Å²) in [7, 11) is 0. The zero-order chi connectivity index (χ0) is 24.0. The minimum absolute atomic E-state index is 0.147. The van der Waals surface area contributed by atoms with Crippen LogP contribution in [0.2, 0.25) is 0 Å². The van der Waals surface area contributed by atoms with Crippen LogP contribution in [0.1, 0.15) is 78.5 Å². The van der Waals surface area contributed by atoms with Crippen LogP contribution < -0.4 is 5.32 Å². The summed E-state index contributed by atoms with van der Waals surface area (Å²) in [6.07, 6.45) is 14.1. The number of carbonyl (C=O) groups is 1. The topological polar surface area (TPSA) is 69.1 Å². The second-order valence-corrected chi connectivity index (χ2v) is 11.5. The van der Waals surface area contributed by atoms with E-state index in [1.54, 1.807) is 0 Å². The van der Waals surface area contributed by atoms with Crippen LogP contribution in [-0.2, 0) is 6.54 Å². The lowest BCUT2D eigenvalue weighted by molar-refractivity contribution is 0.0679. The van der Waals surface area contributed by atoms with Crippen LogP contribution in [0.4, 0.5) is 0 Å². The van der Waals surface area contributed by atoms with Crippen molar-refractivity contribution in [1.29, 1.82) is 5.41 Å². The average Bonchev–Trinajstić information content (AvgIpc) is 3.66. The molecule has 0 saturated heterocycles. The van der Waals surface area contributed by atoms with Crippen LogP contribution in [0.15, 0.2) is 36.5 Å². The number of aromatic nitrogens is 1. The van der Waals surface area contributed by atoms with Crippen molar-refractivity contribution in [3.63, 3.8) is 0 Å². The molecule has 0 atom stereocenters. The van der Waals surface area contributed by atoms with Crippen molar-refractivity contribution in [3.8, 4) is 11.3 Å². The predicted octanol–water partition coefficient (Wildman–Crippen LogP) is 5.97. The number of hydrogen-bond acceptors (Lipinski definition) is 4. The van der Waals surface area contributed by atoms with Crippen LogP contribution in [-0.4, -0.2) is 35.1 Å². The van der Waals surface area contributed by atoms with E-state index in [2.05, 4.69) is 23.5 Å². The van der Waals surface area contributed by atoms with E-state index in [-0.39, 0.29) is 5.91 Å². The molecular formula is C30H36N4O. The molecule has 5 heteroatoms. The lowest BCUT2D eigenvalue weighted by Crippen LogP contribution is -2.40. The van der Waals surface area contributed by atoms with Gasteiger partial charge in [-0.05, 0) is 93.2 Å². The number of hydrogen-bond donors (Lipinski definition) is 2. The van der Waals surface area contributed by atoms with Gasteiger partial charge in [-0.1, -0.05) is 18.2 Å². The molecule has 2 heterocycles. The lowest BCUT2D eigenvalue weighted by atomic mass is 9.61. The summed E-state index contributed by atoms with van der Waals surface area (Å²) < 4.78 is 0. The summed E-state index contributed by atoms with van der Waals surface area (Å²) in [6, 6.07) is 10.3. The Bertz CT molecular complexity index is 1170. The van der Waals surface area contributed by atoms with Gasteiger partial charge in [0.15, 0.2) is 0 Å². The lowest BCUT2D eigenvalue weighted by Gasteiger charge is -2.46. The zero-order valence-electron chi connectivity index (χ0n) is 20.8. The van der Waals surface area contributed by atoms with Gasteiger partial charge in [-0.2, -0.15) is 0 Å². The molecule has 182 valence electrons. The molecule has 1 aromatic heterocycles. The minimum atomic E-state index is 0.147. The summed E-state index contributed by atoms with van der Waals surface area (Å²) in [6.45, 7) is 4.58. The standard InChI is InChI=1S/C30H36N4O/c1-20-2-7-26(25(15-31)16-32-19-30-11-8-21(9-12-30)10-13-30)28(33-20)23-5-6-24-18-34(17-22-3-4-22)29(35)27(24)14-23/h2,5-7,14-16,21-22,31-32H,3-4,8-13,17-19H2,1H3/b25-16+,31-15?. The number of aryl methyl sites for hydroxylation is 1. The summed E-state index contributed by atoms with van der Waals surface area (Å²) in [5.41, 5.74) is 6.83. The average molecular weight is 469 g/mol. The number of amides is 1. The Hall–Kier alpha value is -2.95. The van der Waals surface area contributed by atoms with Crippen LogP contribution in [0.3, 0.4) is 0 Å². The normalized spacial score (nSPS) is 25.6. The highest BCUT2D eigenvalue weighted by molar-refractivity contribution is 6.10. The van der Waals surface area contributed by atoms with Gasteiger partial charge in [0.1, 0.15) is 0 Å². The Morgan fingerprint density at radius 2 is 1.91 bits per heavy atom. The molecule has 1 aliphatic heterocycles. The summed E-state index contributed by atoms with van der Waals surface area (Å²) >= 11 is 0. The second kappa shape index (κ2) is 8.92. The third-order valence-electron chi connectivity index (χ3n) is 8.92. The fourth-order valence-corrected chi connectivity index (χ4v) is 6.46. The van der Waals surface area contributed by atoms with Crippen LogP contribution >= 0.6 is 0 Å². The first-order chi connectivity index (χ1) is 17.0. The number of nitrogens with one attached hydrogen (secondary N) is 2. The van der Waals surface area contributed by atoms with Crippen LogP contribution in [0.5, 0.6) is 0 Å². The van der Waals surface area contributed by atoms with Gasteiger partial charge in [0.25, 0.3) is 5.91 Å². The maximum atomic E-state index is 13.1. The van der Waals surface area contributed by atoms with Crippen molar-refractivity contribution in [3.05, 3.63) is 58.9 Å². The molecule has 4 aliphatic carbocycles. The highest BCUT2D eigenvalue weighted by Gasteiger charge is 2.39. The first kappa shape index (κ1) is 22.5. The van der Waals surface area contributed by atoms with Crippen molar-refractivity contribution < 1.29 is 4.79 Å². The molecule has 2 N–H and O–H groups in total. The largest absolute Gasteiger partial charge is 0.390 e. The number of pyridine rings is 1. The van der Waals surface area contributed by atoms with Gasteiger partial charge in [-0.3, -0.25) is 9.78 Å². The number of rotatable bonds is 8. The van der Waals surface area contributed by atoms with Crippen LogP contribution in [0, 0.1) is 29.6 Å². The zero-order valence-corrected chi connectivity index (χ0v) is 20.8. The molecule has 7 rings (SSSR count). The highest BCUT2D eigenvalue weighted by atomic mass is 16.2.